The molecular formula is C24H17ClN2O5. The number of amides is 2. The Hall–Kier alpha value is -3.68. The fourth-order valence-electron chi connectivity index (χ4n) is 4.35. The molecule has 0 spiro atoms. The van der Waals surface area contributed by atoms with Gasteiger partial charge >= 0.3 is 5.97 Å². The molecule has 1 N–H and O–H groups in total. The lowest BCUT2D eigenvalue weighted by molar-refractivity contribution is -0.126. The van der Waals surface area contributed by atoms with Crippen LogP contribution in [-0.4, -0.2) is 29.0 Å². The first-order chi connectivity index (χ1) is 15.5. The van der Waals surface area contributed by atoms with Crippen LogP contribution in [0.5, 0.6) is 0 Å². The maximum absolute atomic E-state index is 13.6. The zero-order valence-electron chi connectivity index (χ0n) is 16.6. The molecule has 3 aromatic rings. The van der Waals surface area contributed by atoms with E-state index in [1.54, 1.807) is 60.7 Å². The Labute approximate surface area is 188 Å². The number of benzene rings is 3. The number of rotatable bonds is 4. The summed E-state index contributed by atoms with van der Waals surface area (Å²) in [5, 5.41) is 11.6. The van der Waals surface area contributed by atoms with Crippen LogP contribution >= 0.6 is 11.6 Å². The molecule has 0 saturated carbocycles. The Morgan fingerprint density at radius 2 is 1.56 bits per heavy atom. The van der Waals surface area contributed by atoms with E-state index in [-0.39, 0.29) is 5.56 Å². The molecular weight excluding hydrogens is 432 g/mol. The lowest BCUT2D eigenvalue weighted by Gasteiger charge is -2.29. The van der Waals surface area contributed by atoms with Crippen LogP contribution in [-0.2, 0) is 14.4 Å². The van der Waals surface area contributed by atoms with Crippen LogP contribution < -0.4 is 9.96 Å². The van der Waals surface area contributed by atoms with Gasteiger partial charge in [0.2, 0.25) is 5.91 Å². The second-order valence-electron chi connectivity index (χ2n) is 7.54. The van der Waals surface area contributed by atoms with Crippen molar-refractivity contribution in [3.63, 3.8) is 0 Å². The number of anilines is 2. The molecule has 3 aromatic carbocycles. The number of carboxylic acids is 1. The predicted octanol–water partition coefficient (Wildman–Crippen LogP) is 4.09. The summed E-state index contributed by atoms with van der Waals surface area (Å²) in [6.45, 7) is 0. The smallest absolute Gasteiger partial charge is 0.336 e. The number of halogens is 1. The van der Waals surface area contributed by atoms with Crippen LogP contribution in [0.1, 0.15) is 22.0 Å². The Bertz CT molecular complexity index is 1230. The van der Waals surface area contributed by atoms with Gasteiger partial charge in [0.1, 0.15) is 5.92 Å². The lowest BCUT2D eigenvalue weighted by atomic mass is 9.88. The van der Waals surface area contributed by atoms with Crippen molar-refractivity contribution < 1.29 is 24.3 Å². The van der Waals surface area contributed by atoms with Gasteiger partial charge in [-0.3, -0.25) is 14.4 Å². The number of carbonyl (C=O) groups is 3. The number of hydrogen-bond donors (Lipinski definition) is 1. The van der Waals surface area contributed by atoms with Crippen LogP contribution in [0.3, 0.4) is 0 Å². The molecule has 2 fully saturated rings. The minimum absolute atomic E-state index is 0.0455. The van der Waals surface area contributed by atoms with Crippen molar-refractivity contribution >= 4 is 40.8 Å². The summed E-state index contributed by atoms with van der Waals surface area (Å²) in [6.07, 6.45) is -1.09. The number of imide groups is 1. The average molecular weight is 449 g/mol. The summed E-state index contributed by atoms with van der Waals surface area (Å²) in [7, 11) is 0. The lowest BCUT2D eigenvalue weighted by Crippen LogP contribution is -2.37. The van der Waals surface area contributed by atoms with Crippen LogP contribution in [0.2, 0.25) is 5.02 Å². The predicted molar refractivity (Wildman–Crippen MR) is 117 cm³/mol. The molecule has 2 aliphatic heterocycles. The molecule has 0 unspecified atom stereocenters. The van der Waals surface area contributed by atoms with E-state index >= 15 is 0 Å². The zero-order chi connectivity index (χ0) is 22.4. The normalized spacial score (nSPS) is 22.3. The van der Waals surface area contributed by atoms with Crippen molar-refractivity contribution in [1.82, 2.24) is 0 Å². The minimum Gasteiger partial charge on any atom is -0.478 e. The second kappa shape index (κ2) is 7.78. The molecule has 0 aliphatic carbocycles. The molecule has 32 heavy (non-hydrogen) atoms. The monoisotopic (exact) mass is 448 g/mol. The third-order valence-electron chi connectivity index (χ3n) is 5.70. The molecule has 2 amide bonds. The molecule has 8 heteroatoms. The van der Waals surface area contributed by atoms with E-state index in [1.807, 2.05) is 6.07 Å². The summed E-state index contributed by atoms with van der Waals surface area (Å²) < 4.78 is 0. The third kappa shape index (κ3) is 3.14. The van der Waals surface area contributed by atoms with Gasteiger partial charge in [0.05, 0.1) is 23.0 Å². The SMILES string of the molecule is O=C(O)c1ccccc1[C@H]1[C@@H]2C(=O)N(c3cccc(Cl)c3)C(=O)[C@H]2ON1c1ccccc1. The van der Waals surface area contributed by atoms with Gasteiger partial charge in [-0.15, -0.1) is 0 Å². The minimum atomic E-state index is -1.12. The summed E-state index contributed by atoms with van der Waals surface area (Å²) in [5.41, 5.74) is 1.40. The third-order valence-corrected chi connectivity index (χ3v) is 5.94. The number of hydroxylamine groups is 1. The van der Waals surface area contributed by atoms with E-state index in [0.29, 0.717) is 22.0 Å². The van der Waals surface area contributed by atoms with Crippen molar-refractivity contribution in [2.24, 2.45) is 5.92 Å². The molecule has 160 valence electrons. The quantitative estimate of drug-likeness (QED) is 0.605. The average Bonchev–Trinajstić information content (AvgIpc) is 3.30. The van der Waals surface area contributed by atoms with E-state index in [4.69, 9.17) is 16.4 Å². The van der Waals surface area contributed by atoms with Gasteiger partial charge in [0.15, 0.2) is 6.10 Å². The van der Waals surface area contributed by atoms with E-state index in [0.717, 1.165) is 4.90 Å². The number of carboxylic acid groups (broad SMARTS) is 1. The summed E-state index contributed by atoms with van der Waals surface area (Å²) in [6, 6.07) is 21.1. The van der Waals surface area contributed by atoms with E-state index in [1.165, 1.54) is 17.2 Å². The van der Waals surface area contributed by atoms with Crippen molar-refractivity contribution in [3.8, 4) is 0 Å². The first-order valence-electron chi connectivity index (χ1n) is 9.94. The molecule has 0 radical (unpaired) electrons. The highest BCUT2D eigenvalue weighted by molar-refractivity contribution is 6.31. The highest BCUT2D eigenvalue weighted by Crippen LogP contribution is 2.48. The maximum atomic E-state index is 13.6. The fraction of sp³-hybridized carbons (Fsp3) is 0.125. The second-order valence-corrected chi connectivity index (χ2v) is 7.98. The Morgan fingerprint density at radius 1 is 0.875 bits per heavy atom. The highest BCUT2D eigenvalue weighted by atomic mass is 35.5. The molecule has 0 bridgehead atoms. The number of fused-ring (bicyclic) bond motifs is 1. The molecule has 3 atom stereocenters. The number of nitrogens with zero attached hydrogens (tertiary/aromatic N) is 2. The molecule has 7 nitrogen and oxygen atoms in total. The first kappa shape index (κ1) is 20.2. The van der Waals surface area contributed by atoms with Gasteiger partial charge in [0, 0.05) is 5.02 Å². The van der Waals surface area contributed by atoms with Crippen LogP contribution in [0, 0.1) is 5.92 Å². The van der Waals surface area contributed by atoms with Gasteiger partial charge in [-0.25, -0.2) is 14.8 Å². The largest absolute Gasteiger partial charge is 0.478 e. The van der Waals surface area contributed by atoms with Gasteiger partial charge in [-0.2, -0.15) is 0 Å². The first-order valence-corrected chi connectivity index (χ1v) is 10.3. The Balaban J connectivity index is 1.64. The summed E-state index contributed by atoms with van der Waals surface area (Å²) in [4.78, 5) is 45.9. The van der Waals surface area contributed by atoms with Gasteiger partial charge in [-0.05, 0) is 42.0 Å². The number of para-hydroxylation sites is 1. The van der Waals surface area contributed by atoms with E-state index < -0.39 is 35.8 Å². The number of hydrogen-bond acceptors (Lipinski definition) is 5. The van der Waals surface area contributed by atoms with Crippen molar-refractivity contribution in [2.75, 3.05) is 9.96 Å². The molecule has 5 rings (SSSR count). The van der Waals surface area contributed by atoms with Gasteiger partial charge in [0.25, 0.3) is 5.91 Å². The van der Waals surface area contributed by atoms with Crippen LogP contribution in [0.4, 0.5) is 11.4 Å². The molecule has 2 heterocycles. The van der Waals surface area contributed by atoms with Crippen LogP contribution in [0.15, 0.2) is 78.9 Å². The van der Waals surface area contributed by atoms with Gasteiger partial charge < -0.3 is 5.11 Å². The van der Waals surface area contributed by atoms with E-state index in [9.17, 15) is 19.5 Å². The van der Waals surface area contributed by atoms with Gasteiger partial charge in [-0.1, -0.05) is 54.1 Å². The summed E-state index contributed by atoms with van der Waals surface area (Å²) in [5.74, 6) is -3.04. The summed E-state index contributed by atoms with van der Waals surface area (Å²) >= 11 is 6.07. The van der Waals surface area contributed by atoms with Crippen molar-refractivity contribution in [3.05, 3.63) is 95.0 Å². The zero-order valence-corrected chi connectivity index (χ0v) is 17.3. The van der Waals surface area contributed by atoms with Crippen LogP contribution in [0.25, 0.3) is 0 Å². The fourth-order valence-corrected chi connectivity index (χ4v) is 4.53. The Morgan fingerprint density at radius 3 is 2.28 bits per heavy atom. The maximum Gasteiger partial charge on any atom is 0.336 e. The molecule has 0 aromatic heterocycles. The topological polar surface area (TPSA) is 87.2 Å². The van der Waals surface area contributed by atoms with E-state index in [2.05, 4.69) is 0 Å². The number of carbonyl (C=O) groups excluding carboxylic acids is 2. The Kier molecular flexibility index (Phi) is 4.92. The molecule has 2 aliphatic rings. The number of aromatic carboxylic acids is 1. The van der Waals surface area contributed by atoms with Crippen molar-refractivity contribution in [2.45, 2.75) is 12.1 Å². The van der Waals surface area contributed by atoms with Crippen molar-refractivity contribution in [1.29, 1.82) is 0 Å². The highest BCUT2D eigenvalue weighted by Gasteiger charge is 2.60. The standard InChI is InChI=1S/C24H17ClN2O5/c25-14-7-6-10-16(13-14)26-22(28)19-20(17-11-4-5-12-18(17)24(30)31)27(32-21(19)23(26)29)15-8-2-1-3-9-15/h1-13,19-21H,(H,30,31)/t19-,20-,21-/m0/s1. The molecule has 2 saturated heterocycles.